The van der Waals surface area contributed by atoms with Crippen LogP contribution >= 0.6 is 0 Å². The molecule has 7 heteroatoms. The van der Waals surface area contributed by atoms with Crippen LogP contribution in [0.4, 0.5) is 0 Å². The maximum atomic E-state index is 11.3. The normalized spacial score (nSPS) is 13.5. The lowest BCUT2D eigenvalue weighted by Gasteiger charge is -2.10. The van der Waals surface area contributed by atoms with Crippen molar-refractivity contribution in [3.05, 3.63) is 0 Å². The van der Waals surface area contributed by atoms with Crippen molar-refractivity contribution in [2.75, 3.05) is 19.3 Å². The number of carbonyl (C=O) groups is 1. The zero-order valence-electron chi connectivity index (χ0n) is 9.12. The van der Waals surface area contributed by atoms with Crippen molar-refractivity contribution >= 4 is 15.9 Å². The van der Waals surface area contributed by atoms with Crippen molar-refractivity contribution in [3.63, 3.8) is 0 Å². The van der Waals surface area contributed by atoms with Gasteiger partial charge in [0.15, 0.2) is 0 Å². The fraction of sp³-hybridized carbons (Fsp3) is 0.875. The fourth-order valence-electron chi connectivity index (χ4n) is 0.984. The number of nitrogens with two attached hydrogens (primary N) is 1. The zero-order valence-corrected chi connectivity index (χ0v) is 9.93. The Balaban J connectivity index is 3.82. The van der Waals surface area contributed by atoms with Crippen LogP contribution in [0.25, 0.3) is 0 Å². The minimum absolute atomic E-state index is 0.0828. The van der Waals surface area contributed by atoms with Gasteiger partial charge >= 0.3 is 0 Å². The SMILES string of the molecule is CCC[C@@H](N)C(=O)NCCS(=O)(=O)NC. The Morgan fingerprint density at radius 3 is 2.53 bits per heavy atom. The minimum atomic E-state index is -3.26. The third-order valence-corrected chi connectivity index (χ3v) is 3.28. The van der Waals surface area contributed by atoms with E-state index in [2.05, 4.69) is 10.0 Å². The molecule has 0 heterocycles. The van der Waals surface area contributed by atoms with Crippen LogP contribution in [-0.2, 0) is 14.8 Å². The monoisotopic (exact) mass is 237 g/mol. The Morgan fingerprint density at radius 1 is 1.47 bits per heavy atom. The summed E-state index contributed by atoms with van der Waals surface area (Å²) >= 11 is 0. The van der Waals surface area contributed by atoms with Crippen LogP contribution in [0.1, 0.15) is 19.8 Å². The van der Waals surface area contributed by atoms with Gasteiger partial charge in [0.05, 0.1) is 11.8 Å². The highest BCUT2D eigenvalue weighted by molar-refractivity contribution is 7.89. The van der Waals surface area contributed by atoms with Crippen LogP contribution in [0.5, 0.6) is 0 Å². The summed E-state index contributed by atoms with van der Waals surface area (Å²) in [5.41, 5.74) is 5.53. The highest BCUT2D eigenvalue weighted by Crippen LogP contribution is 1.92. The van der Waals surface area contributed by atoms with Gasteiger partial charge in [-0.15, -0.1) is 0 Å². The molecule has 0 spiro atoms. The van der Waals surface area contributed by atoms with Gasteiger partial charge in [0, 0.05) is 6.54 Å². The van der Waals surface area contributed by atoms with E-state index in [9.17, 15) is 13.2 Å². The molecule has 90 valence electrons. The first-order valence-corrected chi connectivity index (χ1v) is 6.52. The quantitative estimate of drug-likeness (QED) is 0.516. The smallest absolute Gasteiger partial charge is 0.236 e. The first-order chi connectivity index (χ1) is 6.93. The highest BCUT2D eigenvalue weighted by Gasteiger charge is 2.13. The molecule has 0 rings (SSSR count). The fourth-order valence-corrected chi connectivity index (χ4v) is 1.56. The Morgan fingerprint density at radius 2 is 2.07 bits per heavy atom. The van der Waals surface area contributed by atoms with E-state index >= 15 is 0 Å². The number of rotatable bonds is 7. The molecule has 0 aliphatic rings. The van der Waals surface area contributed by atoms with Gasteiger partial charge in [0.2, 0.25) is 15.9 Å². The van der Waals surface area contributed by atoms with Crippen molar-refractivity contribution in [3.8, 4) is 0 Å². The molecule has 0 aliphatic heterocycles. The van der Waals surface area contributed by atoms with E-state index in [0.717, 1.165) is 6.42 Å². The van der Waals surface area contributed by atoms with Gasteiger partial charge in [-0.2, -0.15) is 0 Å². The third kappa shape index (κ3) is 6.43. The Kier molecular flexibility index (Phi) is 6.46. The van der Waals surface area contributed by atoms with Crippen molar-refractivity contribution in [1.29, 1.82) is 0 Å². The summed E-state index contributed by atoms with van der Waals surface area (Å²) in [6.45, 7) is 2.01. The summed E-state index contributed by atoms with van der Waals surface area (Å²) in [6, 6.07) is -0.549. The molecule has 0 aliphatic carbocycles. The summed E-state index contributed by atoms with van der Waals surface area (Å²) < 4.78 is 24.1. The molecule has 4 N–H and O–H groups in total. The van der Waals surface area contributed by atoms with E-state index in [-0.39, 0.29) is 18.2 Å². The molecule has 6 nitrogen and oxygen atoms in total. The maximum absolute atomic E-state index is 11.3. The molecule has 0 bridgehead atoms. The molecule has 0 aromatic heterocycles. The summed E-state index contributed by atoms with van der Waals surface area (Å²) in [7, 11) is -1.93. The van der Waals surface area contributed by atoms with Gasteiger partial charge in [0.25, 0.3) is 0 Å². The van der Waals surface area contributed by atoms with Crippen molar-refractivity contribution in [2.45, 2.75) is 25.8 Å². The Hall–Kier alpha value is -0.660. The maximum Gasteiger partial charge on any atom is 0.236 e. The van der Waals surface area contributed by atoms with Gasteiger partial charge in [-0.1, -0.05) is 13.3 Å². The number of amides is 1. The van der Waals surface area contributed by atoms with E-state index in [1.165, 1.54) is 7.05 Å². The average Bonchev–Trinajstić information content (AvgIpc) is 2.18. The zero-order chi connectivity index (χ0) is 11.9. The lowest BCUT2D eigenvalue weighted by molar-refractivity contribution is -0.122. The van der Waals surface area contributed by atoms with Crippen LogP contribution in [-0.4, -0.2) is 39.7 Å². The topological polar surface area (TPSA) is 101 Å². The van der Waals surface area contributed by atoms with Gasteiger partial charge in [0.1, 0.15) is 0 Å². The van der Waals surface area contributed by atoms with Crippen LogP contribution in [0.15, 0.2) is 0 Å². The largest absolute Gasteiger partial charge is 0.354 e. The first kappa shape index (κ1) is 14.3. The second-order valence-corrected chi connectivity index (χ2v) is 5.26. The van der Waals surface area contributed by atoms with E-state index in [1.54, 1.807) is 0 Å². The van der Waals surface area contributed by atoms with Gasteiger partial charge in [-0.25, -0.2) is 13.1 Å². The minimum Gasteiger partial charge on any atom is -0.354 e. The molecule has 0 saturated carbocycles. The summed E-state index contributed by atoms with van der Waals surface area (Å²) in [4.78, 5) is 11.3. The lowest BCUT2D eigenvalue weighted by Crippen LogP contribution is -2.42. The van der Waals surface area contributed by atoms with Crippen LogP contribution < -0.4 is 15.8 Å². The number of nitrogens with one attached hydrogen (secondary N) is 2. The molecule has 0 aromatic carbocycles. The molecule has 0 saturated heterocycles. The first-order valence-electron chi connectivity index (χ1n) is 4.87. The Labute approximate surface area is 90.7 Å². The van der Waals surface area contributed by atoms with E-state index < -0.39 is 16.1 Å². The van der Waals surface area contributed by atoms with E-state index in [4.69, 9.17) is 5.73 Å². The molecule has 15 heavy (non-hydrogen) atoms. The van der Waals surface area contributed by atoms with Crippen LogP contribution in [0.2, 0.25) is 0 Å². The molecule has 0 radical (unpaired) electrons. The van der Waals surface area contributed by atoms with Crippen molar-refractivity contribution in [1.82, 2.24) is 10.0 Å². The molecular weight excluding hydrogens is 218 g/mol. The van der Waals surface area contributed by atoms with Gasteiger partial charge < -0.3 is 11.1 Å². The number of hydrogen-bond donors (Lipinski definition) is 3. The van der Waals surface area contributed by atoms with E-state index in [0.29, 0.717) is 6.42 Å². The molecule has 1 amide bonds. The van der Waals surface area contributed by atoms with Crippen LogP contribution in [0.3, 0.4) is 0 Å². The summed E-state index contributed by atoms with van der Waals surface area (Å²) in [5, 5.41) is 2.47. The molecule has 0 unspecified atom stereocenters. The molecular formula is C8H19N3O3S. The second kappa shape index (κ2) is 6.76. The standard InChI is InChI=1S/C8H19N3O3S/c1-3-4-7(9)8(12)11-5-6-15(13,14)10-2/h7,10H,3-6,9H2,1-2H3,(H,11,12)/t7-/m1/s1. The van der Waals surface area contributed by atoms with Crippen LogP contribution in [0, 0.1) is 0 Å². The highest BCUT2D eigenvalue weighted by atomic mass is 32.2. The van der Waals surface area contributed by atoms with Gasteiger partial charge in [-0.3, -0.25) is 4.79 Å². The number of carbonyl (C=O) groups excluding carboxylic acids is 1. The van der Waals surface area contributed by atoms with Crippen molar-refractivity contribution < 1.29 is 13.2 Å². The number of sulfonamides is 1. The molecule has 0 aromatic rings. The summed E-state index contributed by atoms with van der Waals surface area (Å²) in [6.07, 6.45) is 1.42. The number of hydrogen-bond acceptors (Lipinski definition) is 4. The van der Waals surface area contributed by atoms with Crippen molar-refractivity contribution in [2.24, 2.45) is 5.73 Å². The summed E-state index contributed by atoms with van der Waals surface area (Å²) in [5.74, 6) is -0.434. The predicted octanol–water partition coefficient (Wildman–Crippen LogP) is -1.22. The van der Waals surface area contributed by atoms with Gasteiger partial charge in [-0.05, 0) is 13.5 Å². The molecule has 1 atom stereocenters. The lowest BCUT2D eigenvalue weighted by atomic mass is 10.2. The third-order valence-electron chi connectivity index (χ3n) is 1.92. The average molecular weight is 237 g/mol. The molecule has 0 fully saturated rings. The Bertz CT molecular complexity index is 290. The predicted molar refractivity (Wildman–Crippen MR) is 58.7 cm³/mol. The van der Waals surface area contributed by atoms with E-state index in [1.807, 2.05) is 6.92 Å². The second-order valence-electron chi connectivity index (χ2n) is 3.21.